The van der Waals surface area contributed by atoms with Gasteiger partial charge in [0.15, 0.2) is 0 Å². The van der Waals surface area contributed by atoms with Crippen molar-refractivity contribution in [2.45, 2.75) is 52.4 Å². The second-order valence-electron chi connectivity index (χ2n) is 9.85. The summed E-state index contributed by atoms with van der Waals surface area (Å²) in [5.41, 5.74) is 5.94. The molecule has 0 fully saturated rings. The van der Waals surface area contributed by atoms with Gasteiger partial charge in [0, 0.05) is 11.4 Å². The number of nitriles is 2. The average Bonchev–Trinajstić information content (AvgIpc) is 2.73. The Morgan fingerprint density at radius 3 is 1.42 bits per heavy atom. The van der Waals surface area contributed by atoms with Gasteiger partial charge in [0.05, 0.1) is 16.8 Å². The minimum atomic E-state index is 0.0518. The van der Waals surface area contributed by atoms with Crippen LogP contribution in [0, 0.1) is 22.7 Å². The van der Waals surface area contributed by atoms with Crippen LogP contribution in [0.5, 0.6) is 0 Å². The van der Waals surface area contributed by atoms with Crippen LogP contribution in [-0.2, 0) is 10.8 Å². The van der Waals surface area contributed by atoms with Gasteiger partial charge in [0.25, 0.3) is 0 Å². The van der Waals surface area contributed by atoms with E-state index in [1.165, 1.54) is 11.1 Å². The highest BCUT2D eigenvalue weighted by molar-refractivity contribution is 5.81. The highest BCUT2D eigenvalue weighted by Crippen LogP contribution is 2.39. The molecule has 0 aromatic heterocycles. The van der Waals surface area contributed by atoms with E-state index < -0.39 is 0 Å². The first-order valence-electron chi connectivity index (χ1n) is 10.5. The number of hydrogen-bond acceptors (Lipinski definition) is 3. The van der Waals surface area contributed by atoms with Crippen molar-refractivity contribution in [3.63, 3.8) is 0 Å². The Morgan fingerprint density at radius 2 is 1.06 bits per heavy atom. The molecule has 3 aromatic carbocycles. The van der Waals surface area contributed by atoms with E-state index in [9.17, 15) is 10.5 Å². The first kappa shape index (κ1) is 22.1. The number of anilines is 3. The van der Waals surface area contributed by atoms with Gasteiger partial charge < -0.3 is 4.90 Å². The van der Waals surface area contributed by atoms with E-state index in [1.54, 1.807) is 6.07 Å². The molecule has 0 aliphatic carbocycles. The molecule has 0 atom stereocenters. The van der Waals surface area contributed by atoms with Crippen molar-refractivity contribution in [1.29, 1.82) is 10.5 Å². The molecular formula is C28H29N3. The number of rotatable bonds is 3. The highest BCUT2D eigenvalue weighted by Gasteiger charge is 2.21. The summed E-state index contributed by atoms with van der Waals surface area (Å²) in [5.74, 6) is 0. The van der Waals surface area contributed by atoms with Crippen LogP contribution in [0.25, 0.3) is 0 Å². The fraction of sp³-hybridized carbons (Fsp3) is 0.286. The zero-order chi connectivity index (χ0) is 22.8. The van der Waals surface area contributed by atoms with Crippen LogP contribution in [0.3, 0.4) is 0 Å². The van der Waals surface area contributed by atoms with E-state index in [0.717, 1.165) is 11.4 Å². The summed E-state index contributed by atoms with van der Waals surface area (Å²) >= 11 is 0. The van der Waals surface area contributed by atoms with Gasteiger partial charge in [-0.2, -0.15) is 10.5 Å². The summed E-state index contributed by atoms with van der Waals surface area (Å²) in [4.78, 5) is 2.05. The topological polar surface area (TPSA) is 50.8 Å². The first-order valence-corrected chi connectivity index (χ1v) is 10.5. The molecule has 0 spiro atoms. The van der Waals surface area contributed by atoms with Gasteiger partial charge in [-0.1, -0.05) is 71.9 Å². The summed E-state index contributed by atoms with van der Waals surface area (Å²) in [6, 6.07) is 26.7. The zero-order valence-electron chi connectivity index (χ0n) is 19.2. The monoisotopic (exact) mass is 407 g/mol. The molecule has 3 heteroatoms. The average molecular weight is 408 g/mol. The van der Waals surface area contributed by atoms with Crippen molar-refractivity contribution in [3.05, 3.63) is 89.0 Å². The Hall–Kier alpha value is -3.56. The first-order chi connectivity index (χ1) is 14.6. The lowest BCUT2D eigenvalue weighted by Crippen LogP contribution is -2.15. The Balaban J connectivity index is 2.21. The Morgan fingerprint density at radius 1 is 0.613 bits per heavy atom. The lowest BCUT2D eigenvalue weighted by Gasteiger charge is -2.28. The molecule has 0 radical (unpaired) electrons. The van der Waals surface area contributed by atoms with E-state index in [-0.39, 0.29) is 10.8 Å². The lowest BCUT2D eigenvalue weighted by atomic mass is 9.86. The van der Waals surface area contributed by atoms with Gasteiger partial charge in [-0.05, 0) is 58.4 Å². The second kappa shape index (κ2) is 8.29. The van der Waals surface area contributed by atoms with Crippen molar-refractivity contribution in [1.82, 2.24) is 0 Å². The molecule has 0 N–H and O–H groups in total. The highest BCUT2D eigenvalue weighted by atomic mass is 15.1. The summed E-state index contributed by atoms with van der Waals surface area (Å²) in [7, 11) is 0. The van der Waals surface area contributed by atoms with Crippen LogP contribution in [0.15, 0.2) is 66.7 Å². The molecule has 0 aliphatic heterocycles. The van der Waals surface area contributed by atoms with Crippen LogP contribution in [0.1, 0.15) is 63.8 Å². The van der Waals surface area contributed by atoms with Gasteiger partial charge in [0.1, 0.15) is 12.1 Å². The fourth-order valence-corrected chi connectivity index (χ4v) is 3.59. The van der Waals surface area contributed by atoms with Crippen molar-refractivity contribution >= 4 is 17.1 Å². The van der Waals surface area contributed by atoms with Crippen LogP contribution >= 0.6 is 0 Å². The summed E-state index contributed by atoms with van der Waals surface area (Å²) < 4.78 is 0. The predicted molar refractivity (Wildman–Crippen MR) is 128 cm³/mol. The molecule has 0 aliphatic rings. The molecule has 3 aromatic rings. The molecule has 0 amide bonds. The molecule has 156 valence electrons. The predicted octanol–water partition coefficient (Wildman–Crippen LogP) is 7.49. The normalized spacial score (nSPS) is 11.5. The quantitative estimate of drug-likeness (QED) is 0.452. The van der Waals surface area contributed by atoms with Crippen molar-refractivity contribution in [2.24, 2.45) is 0 Å². The molecule has 31 heavy (non-hydrogen) atoms. The van der Waals surface area contributed by atoms with Crippen LogP contribution in [0.4, 0.5) is 17.1 Å². The molecule has 3 nitrogen and oxygen atoms in total. The maximum absolute atomic E-state index is 9.85. The van der Waals surface area contributed by atoms with Crippen LogP contribution in [-0.4, -0.2) is 0 Å². The Bertz CT molecular complexity index is 1090. The largest absolute Gasteiger partial charge is 0.309 e. The van der Waals surface area contributed by atoms with E-state index in [4.69, 9.17) is 0 Å². The lowest BCUT2D eigenvalue weighted by molar-refractivity contribution is 0.590. The van der Waals surface area contributed by atoms with Crippen molar-refractivity contribution in [2.75, 3.05) is 4.90 Å². The Labute approximate surface area is 186 Å². The van der Waals surface area contributed by atoms with Crippen molar-refractivity contribution < 1.29 is 0 Å². The Kier molecular flexibility index (Phi) is 5.92. The van der Waals surface area contributed by atoms with Gasteiger partial charge in [-0.3, -0.25) is 0 Å². The minimum Gasteiger partial charge on any atom is -0.309 e. The number of nitrogens with zero attached hydrogens (tertiary/aromatic N) is 3. The minimum absolute atomic E-state index is 0.0518. The van der Waals surface area contributed by atoms with E-state index in [2.05, 4.69) is 107 Å². The maximum atomic E-state index is 9.85. The third-order valence-corrected chi connectivity index (χ3v) is 5.50. The summed E-state index contributed by atoms with van der Waals surface area (Å²) in [6.07, 6.45) is 0. The van der Waals surface area contributed by atoms with Gasteiger partial charge in [-0.15, -0.1) is 0 Å². The molecule has 0 unspecified atom stereocenters. The number of hydrogen-bond donors (Lipinski definition) is 0. The van der Waals surface area contributed by atoms with Gasteiger partial charge >= 0.3 is 0 Å². The van der Waals surface area contributed by atoms with Crippen LogP contribution in [0.2, 0.25) is 0 Å². The summed E-state index contributed by atoms with van der Waals surface area (Å²) in [5, 5.41) is 19.4. The molecule has 0 saturated heterocycles. The molecule has 3 rings (SSSR count). The maximum Gasteiger partial charge on any atom is 0.103 e. The zero-order valence-corrected chi connectivity index (χ0v) is 19.2. The van der Waals surface area contributed by atoms with E-state index in [1.807, 2.05) is 12.1 Å². The standard InChI is InChI=1S/C28H29N3/c1-27(2,3)21-10-14-23(15-11-21)31(24-16-12-22(13-17-24)28(4,5)6)26-9-7-8-20(18-29)25(26)19-30/h7-17H,1-6H3. The third kappa shape index (κ3) is 4.62. The summed E-state index contributed by atoms with van der Waals surface area (Å²) in [6.45, 7) is 13.1. The molecule has 0 heterocycles. The van der Waals surface area contributed by atoms with Gasteiger partial charge in [-0.25, -0.2) is 0 Å². The fourth-order valence-electron chi connectivity index (χ4n) is 3.59. The number of benzene rings is 3. The molecule has 0 bridgehead atoms. The van der Waals surface area contributed by atoms with E-state index in [0.29, 0.717) is 16.8 Å². The second-order valence-corrected chi connectivity index (χ2v) is 9.85. The van der Waals surface area contributed by atoms with Crippen LogP contribution < -0.4 is 4.90 Å². The van der Waals surface area contributed by atoms with Gasteiger partial charge in [0.2, 0.25) is 0 Å². The third-order valence-electron chi connectivity index (χ3n) is 5.50. The van der Waals surface area contributed by atoms with Crippen molar-refractivity contribution in [3.8, 4) is 12.1 Å². The molecular weight excluding hydrogens is 378 g/mol. The van der Waals surface area contributed by atoms with E-state index >= 15 is 0 Å². The smallest absolute Gasteiger partial charge is 0.103 e. The molecule has 0 saturated carbocycles. The SMILES string of the molecule is CC(C)(C)c1ccc(N(c2ccc(C(C)(C)C)cc2)c2cccc(C#N)c2C#N)cc1.